The monoisotopic (exact) mass is 513 g/mol. The Morgan fingerprint density at radius 1 is 0.943 bits per heavy atom. The van der Waals surface area contributed by atoms with Crippen LogP contribution >= 0.6 is 23.2 Å². The van der Waals surface area contributed by atoms with Gasteiger partial charge >= 0.3 is 0 Å². The summed E-state index contributed by atoms with van der Waals surface area (Å²) in [4.78, 5) is 15.4. The van der Waals surface area contributed by atoms with Gasteiger partial charge in [0.15, 0.2) is 0 Å². The molecule has 184 valence electrons. The van der Waals surface area contributed by atoms with Gasteiger partial charge in [0.2, 0.25) is 0 Å². The Labute approximate surface area is 216 Å². The molecule has 3 aromatic carbocycles. The van der Waals surface area contributed by atoms with E-state index in [0.717, 1.165) is 22.6 Å². The van der Waals surface area contributed by atoms with Crippen molar-refractivity contribution >= 4 is 29.1 Å². The summed E-state index contributed by atoms with van der Waals surface area (Å²) in [6, 6.07) is 18.2. The molecule has 0 aliphatic carbocycles. The number of benzene rings is 3. The minimum absolute atomic E-state index is 0.0843. The Bertz CT molecular complexity index is 1160. The summed E-state index contributed by atoms with van der Waals surface area (Å²) in [6.45, 7) is 7.39. The highest BCUT2D eigenvalue weighted by molar-refractivity contribution is 6.35. The molecule has 0 fully saturated rings. The number of rotatable bonds is 8. The lowest BCUT2D eigenvalue weighted by atomic mass is 9.92. The van der Waals surface area contributed by atoms with Gasteiger partial charge in [0.1, 0.15) is 23.9 Å². The normalized spacial score (nSPS) is 15.0. The third-order valence-electron chi connectivity index (χ3n) is 5.76. The molecule has 3 aromatic rings. The topological polar surface area (TPSA) is 48.0 Å². The van der Waals surface area contributed by atoms with Crippen molar-refractivity contribution < 1.29 is 19.0 Å². The molecule has 1 heterocycles. The van der Waals surface area contributed by atoms with E-state index in [-0.39, 0.29) is 18.1 Å². The fourth-order valence-electron chi connectivity index (χ4n) is 4.27. The van der Waals surface area contributed by atoms with Crippen LogP contribution in [0, 0.1) is 0 Å². The number of ether oxygens (including phenoxy) is 3. The van der Waals surface area contributed by atoms with Crippen LogP contribution in [0.5, 0.6) is 17.2 Å². The average molecular weight is 514 g/mol. The summed E-state index contributed by atoms with van der Waals surface area (Å²) in [6.07, 6.45) is 0.797. The van der Waals surface area contributed by atoms with Crippen molar-refractivity contribution in [3.8, 4) is 17.2 Å². The summed E-state index contributed by atoms with van der Waals surface area (Å²) in [5.74, 6) is 2.18. The van der Waals surface area contributed by atoms with Crippen molar-refractivity contribution in [2.45, 2.75) is 39.3 Å². The van der Waals surface area contributed by atoms with Crippen molar-refractivity contribution in [2.75, 3.05) is 19.8 Å². The quantitative estimate of drug-likeness (QED) is 0.325. The number of carbonyl (C=O) groups is 1. The number of amides is 1. The Balaban J connectivity index is 1.62. The number of fused-ring (bicyclic) bond motifs is 1. The SMILES string of the molecule is CCOc1ccc(OCC2c3ccc(OC(C)C)cc3CCN2C(=O)c2cc(Cl)cc(Cl)c2)cc1. The highest BCUT2D eigenvalue weighted by atomic mass is 35.5. The fraction of sp³-hybridized carbons (Fsp3) is 0.321. The van der Waals surface area contributed by atoms with Gasteiger partial charge in [-0.2, -0.15) is 0 Å². The first kappa shape index (κ1) is 25.2. The summed E-state index contributed by atoms with van der Waals surface area (Å²) < 4.78 is 17.6. The van der Waals surface area contributed by atoms with Crippen molar-refractivity contribution in [3.63, 3.8) is 0 Å². The second kappa shape index (κ2) is 11.2. The lowest BCUT2D eigenvalue weighted by Gasteiger charge is -2.37. The van der Waals surface area contributed by atoms with Gasteiger partial charge in [-0.05, 0) is 92.9 Å². The maximum Gasteiger partial charge on any atom is 0.254 e. The third kappa shape index (κ3) is 6.22. The van der Waals surface area contributed by atoms with Crippen LogP contribution in [0.15, 0.2) is 60.7 Å². The Morgan fingerprint density at radius 3 is 2.20 bits per heavy atom. The zero-order chi connectivity index (χ0) is 24.9. The molecule has 5 nitrogen and oxygen atoms in total. The summed E-state index contributed by atoms with van der Waals surface area (Å²) in [5.41, 5.74) is 2.65. The zero-order valence-electron chi connectivity index (χ0n) is 20.1. The molecule has 1 atom stereocenters. The first-order valence-electron chi connectivity index (χ1n) is 11.8. The van der Waals surface area contributed by atoms with E-state index in [0.29, 0.717) is 47.5 Å². The van der Waals surface area contributed by atoms with Crippen LogP contribution in [0.2, 0.25) is 10.0 Å². The van der Waals surface area contributed by atoms with Gasteiger partial charge in [-0.15, -0.1) is 0 Å². The Hall–Kier alpha value is -2.89. The molecule has 4 rings (SSSR count). The van der Waals surface area contributed by atoms with Gasteiger partial charge in [-0.25, -0.2) is 0 Å². The minimum atomic E-state index is -0.288. The molecule has 1 unspecified atom stereocenters. The zero-order valence-corrected chi connectivity index (χ0v) is 21.6. The maximum absolute atomic E-state index is 13.6. The van der Waals surface area contributed by atoms with Crippen LogP contribution in [-0.2, 0) is 6.42 Å². The van der Waals surface area contributed by atoms with Crippen molar-refractivity contribution in [2.24, 2.45) is 0 Å². The van der Waals surface area contributed by atoms with E-state index < -0.39 is 0 Å². The minimum Gasteiger partial charge on any atom is -0.494 e. The van der Waals surface area contributed by atoms with Gasteiger partial charge in [0, 0.05) is 22.2 Å². The summed E-state index contributed by atoms with van der Waals surface area (Å²) in [7, 11) is 0. The van der Waals surface area contributed by atoms with Gasteiger partial charge < -0.3 is 19.1 Å². The molecule has 0 saturated heterocycles. The number of hydrogen-bond acceptors (Lipinski definition) is 4. The molecule has 0 saturated carbocycles. The van der Waals surface area contributed by atoms with E-state index in [1.165, 1.54) is 0 Å². The van der Waals surface area contributed by atoms with Crippen LogP contribution in [0.3, 0.4) is 0 Å². The maximum atomic E-state index is 13.6. The number of hydrogen-bond donors (Lipinski definition) is 0. The highest BCUT2D eigenvalue weighted by Gasteiger charge is 2.32. The van der Waals surface area contributed by atoms with Crippen molar-refractivity contribution in [3.05, 3.63) is 87.4 Å². The van der Waals surface area contributed by atoms with Gasteiger partial charge in [-0.3, -0.25) is 4.79 Å². The van der Waals surface area contributed by atoms with E-state index in [1.807, 2.05) is 62.1 Å². The standard InChI is InChI=1S/C28H29Cl2NO4/c1-4-33-23-5-7-24(8-6-23)34-17-27-26-10-9-25(35-18(2)3)15-19(26)11-12-31(27)28(32)20-13-21(29)16-22(30)14-20/h5-10,13-16,18,27H,4,11-12,17H2,1-3H3. The second-order valence-electron chi connectivity index (χ2n) is 8.67. The molecule has 1 amide bonds. The first-order chi connectivity index (χ1) is 16.8. The number of halogens is 2. The summed E-state index contributed by atoms with van der Waals surface area (Å²) in [5, 5.41) is 0.854. The lowest BCUT2D eigenvalue weighted by molar-refractivity contribution is 0.0589. The van der Waals surface area contributed by atoms with E-state index in [9.17, 15) is 4.79 Å². The molecular weight excluding hydrogens is 485 g/mol. The molecule has 35 heavy (non-hydrogen) atoms. The first-order valence-corrected chi connectivity index (χ1v) is 12.5. The van der Waals surface area contributed by atoms with Crippen LogP contribution in [0.25, 0.3) is 0 Å². The molecule has 1 aliphatic rings. The van der Waals surface area contributed by atoms with Crippen LogP contribution in [0.4, 0.5) is 0 Å². The largest absolute Gasteiger partial charge is 0.494 e. The Morgan fingerprint density at radius 2 is 1.57 bits per heavy atom. The van der Waals surface area contributed by atoms with Crippen molar-refractivity contribution in [1.82, 2.24) is 4.90 Å². The van der Waals surface area contributed by atoms with Crippen LogP contribution < -0.4 is 14.2 Å². The predicted molar refractivity (Wildman–Crippen MR) is 139 cm³/mol. The van der Waals surface area contributed by atoms with E-state index in [4.69, 9.17) is 37.4 Å². The smallest absolute Gasteiger partial charge is 0.254 e. The van der Waals surface area contributed by atoms with Crippen LogP contribution in [-0.4, -0.2) is 36.7 Å². The predicted octanol–water partition coefficient (Wildman–Crippen LogP) is 7.00. The van der Waals surface area contributed by atoms with E-state index in [2.05, 4.69) is 6.07 Å². The average Bonchev–Trinajstić information content (AvgIpc) is 2.82. The number of nitrogens with zero attached hydrogens (tertiary/aromatic N) is 1. The molecule has 0 radical (unpaired) electrons. The molecule has 0 bridgehead atoms. The molecular formula is C28H29Cl2NO4. The van der Waals surface area contributed by atoms with Crippen LogP contribution in [0.1, 0.15) is 48.3 Å². The molecule has 0 N–H and O–H groups in total. The van der Waals surface area contributed by atoms with E-state index in [1.54, 1.807) is 18.2 Å². The third-order valence-corrected chi connectivity index (χ3v) is 6.19. The molecule has 7 heteroatoms. The van der Waals surface area contributed by atoms with E-state index >= 15 is 0 Å². The Kier molecular flexibility index (Phi) is 8.09. The number of carbonyl (C=O) groups excluding carboxylic acids is 1. The molecule has 0 spiro atoms. The van der Waals surface area contributed by atoms with Gasteiger partial charge in [0.25, 0.3) is 5.91 Å². The van der Waals surface area contributed by atoms with Gasteiger partial charge in [0.05, 0.1) is 18.8 Å². The lowest BCUT2D eigenvalue weighted by Crippen LogP contribution is -2.42. The second-order valence-corrected chi connectivity index (χ2v) is 9.54. The molecule has 1 aliphatic heterocycles. The van der Waals surface area contributed by atoms with Crippen molar-refractivity contribution in [1.29, 1.82) is 0 Å². The van der Waals surface area contributed by atoms with Gasteiger partial charge in [-0.1, -0.05) is 29.3 Å². The fourth-order valence-corrected chi connectivity index (χ4v) is 4.80. The summed E-state index contributed by atoms with van der Waals surface area (Å²) >= 11 is 12.4. The highest BCUT2D eigenvalue weighted by Crippen LogP contribution is 2.35. The molecule has 0 aromatic heterocycles.